The molecular formula is C19H24N2O6. The Balaban J connectivity index is 2.26. The summed E-state index contributed by atoms with van der Waals surface area (Å²) in [6.07, 6.45) is -1.06. The van der Waals surface area contributed by atoms with Gasteiger partial charge >= 0.3 is 11.9 Å². The Morgan fingerprint density at radius 2 is 1.67 bits per heavy atom. The number of nitrogens with one attached hydrogen (secondary N) is 1. The van der Waals surface area contributed by atoms with Crippen LogP contribution in [0.2, 0.25) is 0 Å². The minimum absolute atomic E-state index is 0.0596. The number of methoxy groups -OCH3 is 1. The summed E-state index contributed by atoms with van der Waals surface area (Å²) in [7, 11) is 1.27. The van der Waals surface area contributed by atoms with Gasteiger partial charge < -0.3 is 19.0 Å². The Labute approximate surface area is 157 Å². The topological polar surface area (TPSA) is 111 Å². The van der Waals surface area contributed by atoms with Crippen molar-refractivity contribution in [2.24, 2.45) is 0 Å². The summed E-state index contributed by atoms with van der Waals surface area (Å²) in [6, 6.07) is 0. The molecule has 2 aromatic heterocycles. The van der Waals surface area contributed by atoms with Crippen molar-refractivity contribution >= 4 is 17.7 Å². The van der Waals surface area contributed by atoms with Gasteiger partial charge in [-0.1, -0.05) is 19.0 Å². The van der Waals surface area contributed by atoms with Gasteiger partial charge in [-0.15, -0.1) is 0 Å². The number of ketones is 1. The van der Waals surface area contributed by atoms with Crippen molar-refractivity contribution in [1.29, 1.82) is 0 Å². The molecule has 1 unspecified atom stereocenters. The van der Waals surface area contributed by atoms with E-state index < -0.39 is 23.8 Å². The predicted octanol–water partition coefficient (Wildman–Crippen LogP) is 3.27. The van der Waals surface area contributed by atoms with Crippen LogP contribution in [0.4, 0.5) is 0 Å². The zero-order chi connectivity index (χ0) is 20.5. The molecule has 0 aromatic carbocycles. The molecule has 0 spiro atoms. The summed E-state index contributed by atoms with van der Waals surface area (Å²) in [4.78, 5) is 40.1. The van der Waals surface area contributed by atoms with E-state index in [2.05, 4.69) is 10.1 Å². The third kappa shape index (κ3) is 3.79. The highest BCUT2D eigenvalue weighted by Gasteiger charge is 2.30. The number of carbonyl (C=O) groups excluding carboxylic acids is 3. The maximum atomic E-state index is 12.8. The van der Waals surface area contributed by atoms with Gasteiger partial charge in [-0.2, -0.15) is 0 Å². The molecule has 1 N–H and O–H groups in total. The van der Waals surface area contributed by atoms with Gasteiger partial charge in [0.1, 0.15) is 5.56 Å². The fourth-order valence-corrected chi connectivity index (χ4v) is 2.91. The van der Waals surface area contributed by atoms with Crippen LogP contribution in [-0.4, -0.2) is 41.1 Å². The van der Waals surface area contributed by atoms with Gasteiger partial charge in [0.05, 0.1) is 24.1 Å². The summed E-state index contributed by atoms with van der Waals surface area (Å²) in [6.45, 7) is 10.2. The summed E-state index contributed by atoms with van der Waals surface area (Å²) >= 11 is 0. The lowest BCUT2D eigenvalue weighted by atomic mass is 10.0. The summed E-state index contributed by atoms with van der Waals surface area (Å²) < 4.78 is 15.3. The first-order valence-corrected chi connectivity index (χ1v) is 8.58. The van der Waals surface area contributed by atoms with Crippen LogP contribution < -0.4 is 0 Å². The highest BCUT2D eigenvalue weighted by atomic mass is 16.5. The van der Waals surface area contributed by atoms with E-state index in [9.17, 15) is 14.4 Å². The number of carbonyl (C=O) groups is 3. The molecule has 0 aliphatic carbocycles. The fraction of sp³-hybridized carbons (Fsp3) is 0.474. The van der Waals surface area contributed by atoms with Crippen LogP contribution in [0.15, 0.2) is 4.52 Å². The van der Waals surface area contributed by atoms with E-state index in [-0.39, 0.29) is 17.2 Å². The quantitative estimate of drug-likeness (QED) is 0.608. The second kappa shape index (κ2) is 7.77. The van der Waals surface area contributed by atoms with E-state index >= 15 is 0 Å². The first kappa shape index (κ1) is 20.4. The zero-order valence-corrected chi connectivity index (χ0v) is 16.6. The molecule has 1 atom stereocenters. The van der Waals surface area contributed by atoms with Gasteiger partial charge in [0, 0.05) is 11.6 Å². The standard InChI is InChI=1S/C19H24N2O6/c1-8(2)17-14(11(5)21-27-17)19(24)26-12(6)16(22)15-9(3)13(10(4)20-15)18(23)25-7/h8,12,20H,1-7H3. The van der Waals surface area contributed by atoms with E-state index in [0.29, 0.717) is 28.3 Å². The largest absolute Gasteiger partial charge is 0.465 e. The average molecular weight is 376 g/mol. The van der Waals surface area contributed by atoms with Crippen LogP contribution in [0.25, 0.3) is 0 Å². The summed E-state index contributed by atoms with van der Waals surface area (Å²) in [5.74, 6) is -1.30. The highest BCUT2D eigenvalue weighted by Crippen LogP contribution is 2.25. The minimum Gasteiger partial charge on any atom is -0.465 e. The molecule has 146 valence electrons. The Morgan fingerprint density at radius 3 is 2.22 bits per heavy atom. The monoisotopic (exact) mass is 376 g/mol. The van der Waals surface area contributed by atoms with Gasteiger partial charge in [-0.3, -0.25) is 4.79 Å². The van der Waals surface area contributed by atoms with Crippen LogP contribution in [0, 0.1) is 20.8 Å². The van der Waals surface area contributed by atoms with Gasteiger partial charge in [-0.05, 0) is 33.3 Å². The SMILES string of the molecule is COC(=O)c1c(C)[nH]c(C(=O)C(C)OC(=O)c2c(C)noc2C(C)C)c1C. The Bertz CT molecular complexity index is 890. The van der Waals surface area contributed by atoms with Crippen molar-refractivity contribution < 1.29 is 28.4 Å². The number of H-pyrrole nitrogens is 1. The molecule has 0 amide bonds. The van der Waals surface area contributed by atoms with Gasteiger partial charge in [-0.25, -0.2) is 9.59 Å². The van der Waals surface area contributed by atoms with E-state index in [1.807, 2.05) is 13.8 Å². The number of hydrogen-bond donors (Lipinski definition) is 1. The van der Waals surface area contributed by atoms with Gasteiger partial charge in [0.25, 0.3) is 0 Å². The lowest BCUT2D eigenvalue weighted by molar-refractivity contribution is 0.0313. The van der Waals surface area contributed by atoms with E-state index in [1.54, 1.807) is 20.8 Å². The van der Waals surface area contributed by atoms with E-state index in [0.717, 1.165) is 0 Å². The van der Waals surface area contributed by atoms with Crippen LogP contribution in [0.3, 0.4) is 0 Å². The van der Waals surface area contributed by atoms with Crippen LogP contribution in [-0.2, 0) is 9.47 Å². The van der Waals surface area contributed by atoms with Crippen LogP contribution >= 0.6 is 0 Å². The zero-order valence-electron chi connectivity index (χ0n) is 16.6. The molecule has 2 heterocycles. The average Bonchev–Trinajstić information content (AvgIpc) is 3.13. The molecule has 0 radical (unpaired) electrons. The molecule has 0 saturated heterocycles. The minimum atomic E-state index is -1.06. The first-order chi connectivity index (χ1) is 12.6. The number of aryl methyl sites for hydroxylation is 2. The van der Waals surface area contributed by atoms with Crippen molar-refractivity contribution in [3.8, 4) is 0 Å². The molecule has 8 heteroatoms. The van der Waals surface area contributed by atoms with Crippen molar-refractivity contribution in [3.05, 3.63) is 39.5 Å². The van der Waals surface area contributed by atoms with Crippen molar-refractivity contribution in [3.63, 3.8) is 0 Å². The molecule has 2 rings (SSSR count). The maximum absolute atomic E-state index is 12.8. The fourth-order valence-electron chi connectivity index (χ4n) is 2.91. The first-order valence-electron chi connectivity index (χ1n) is 8.58. The number of aromatic nitrogens is 2. The molecule has 0 saturated carbocycles. The van der Waals surface area contributed by atoms with E-state index in [4.69, 9.17) is 14.0 Å². The number of ether oxygens (including phenoxy) is 2. The normalized spacial score (nSPS) is 12.1. The number of esters is 2. The number of aromatic amines is 1. The Hall–Kier alpha value is -2.90. The van der Waals surface area contributed by atoms with Crippen molar-refractivity contribution in [2.45, 2.75) is 53.6 Å². The smallest absolute Gasteiger partial charge is 0.344 e. The van der Waals surface area contributed by atoms with Crippen molar-refractivity contribution in [2.75, 3.05) is 7.11 Å². The molecule has 0 fully saturated rings. The lowest BCUT2D eigenvalue weighted by Gasteiger charge is -2.13. The third-order valence-corrected chi connectivity index (χ3v) is 4.34. The lowest BCUT2D eigenvalue weighted by Crippen LogP contribution is -2.26. The number of nitrogens with zero attached hydrogens (tertiary/aromatic N) is 1. The predicted molar refractivity (Wildman–Crippen MR) is 96.1 cm³/mol. The molecule has 0 aliphatic rings. The van der Waals surface area contributed by atoms with Crippen LogP contribution in [0.5, 0.6) is 0 Å². The molecule has 8 nitrogen and oxygen atoms in total. The second-order valence-electron chi connectivity index (χ2n) is 6.69. The van der Waals surface area contributed by atoms with Gasteiger partial charge in [0.15, 0.2) is 11.9 Å². The molecule has 2 aromatic rings. The number of rotatable bonds is 6. The summed E-state index contributed by atoms with van der Waals surface area (Å²) in [5, 5.41) is 3.81. The second-order valence-corrected chi connectivity index (χ2v) is 6.69. The molecular weight excluding hydrogens is 352 g/mol. The molecule has 0 aliphatic heterocycles. The van der Waals surface area contributed by atoms with E-state index in [1.165, 1.54) is 14.0 Å². The number of Topliss-reactive ketones (excluding diaryl/α,β-unsaturated/α-hetero) is 1. The maximum Gasteiger partial charge on any atom is 0.344 e. The third-order valence-electron chi connectivity index (χ3n) is 4.34. The Kier molecular flexibility index (Phi) is 5.88. The molecule has 27 heavy (non-hydrogen) atoms. The number of hydrogen-bond acceptors (Lipinski definition) is 7. The van der Waals surface area contributed by atoms with Gasteiger partial charge in [0.2, 0.25) is 5.78 Å². The van der Waals surface area contributed by atoms with Crippen LogP contribution in [0.1, 0.15) is 80.6 Å². The summed E-state index contributed by atoms with van der Waals surface area (Å²) in [5.41, 5.74) is 2.12. The molecule has 0 bridgehead atoms. The highest BCUT2D eigenvalue weighted by molar-refractivity contribution is 6.04. The van der Waals surface area contributed by atoms with Crippen molar-refractivity contribution in [1.82, 2.24) is 10.1 Å². The Morgan fingerprint density at radius 1 is 1.04 bits per heavy atom.